The molecular weight excluding hydrogens is 356 g/mol. The maximum atomic E-state index is 12.3. The molecule has 0 saturated carbocycles. The molecule has 3 aromatic rings. The molecule has 3 rings (SSSR count). The van der Waals surface area contributed by atoms with Crippen LogP contribution >= 0.6 is 11.8 Å². The molecular formula is C21H24N4OS. The molecule has 0 aliphatic carbocycles. The maximum absolute atomic E-state index is 12.3. The predicted octanol–water partition coefficient (Wildman–Crippen LogP) is 3.95. The summed E-state index contributed by atoms with van der Waals surface area (Å²) < 4.78 is 1.97. The predicted molar refractivity (Wildman–Crippen MR) is 110 cm³/mol. The van der Waals surface area contributed by atoms with E-state index in [1.54, 1.807) is 0 Å². The van der Waals surface area contributed by atoms with Gasteiger partial charge in [0.2, 0.25) is 5.91 Å². The lowest BCUT2D eigenvalue weighted by Crippen LogP contribution is -2.16. The Morgan fingerprint density at radius 1 is 1.00 bits per heavy atom. The first-order valence-corrected chi connectivity index (χ1v) is 9.94. The van der Waals surface area contributed by atoms with Crippen LogP contribution in [0.4, 0.5) is 5.69 Å². The molecule has 0 aliphatic rings. The number of para-hydroxylation sites is 1. The molecule has 1 N–H and O–H groups in total. The van der Waals surface area contributed by atoms with Crippen LogP contribution in [0.1, 0.15) is 22.5 Å². The normalized spacial score (nSPS) is 10.8. The third-order valence-corrected chi connectivity index (χ3v) is 5.50. The van der Waals surface area contributed by atoms with Crippen molar-refractivity contribution in [2.24, 2.45) is 7.05 Å². The number of amides is 1. The average molecular weight is 381 g/mol. The zero-order chi connectivity index (χ0) is 19.2. The van der Waals surface area contributed by atoms with Crippen molar-refractivity contribution in [2.45, 2.75) is 31.8 Å². The number of aromatic nitrogens is 3. The van der Waals surface area contributed by atoms with E-state index in [9.17, 15) is 4.79 Å². The number of nitrogens with zero attached hydrogens (tertiary/aromatic N) is 3. The van der Waals surface area contributed by atoms with Crippen molar-refractivity contribution in [1.82, 2.24) is 14.8 Å². The summed E-state index contributed by atoms with van der Waals surface area (Å²) in [5.41, 5.74) is 4.30. The Morgan fingerprint density at radius 2 is 1.70 bits per heavy atom. The SMILES string of the molecule is Cc1cccc(C)c1NC(=O)CSc1nnc(CCc2ccccc2)n1C. The van der Waals surface area contributed by atoms with Gasteiger partial charge in [-0.2, -0.15) is 0 Å². The van der Waals surface area contributed by atoms with Crippen molar-refractivity contribution in [3.05, 3.63) is 71.0 Å². The summed E-state index contributed by atoms with van der Waals surface area (Å²) in [6.07, 6.45) is 1.74. The number of anilines is 1. The van der Waals surface area contributed by atoms with Gasteiger partial charge in [-0.25, -0.2) is 0 Å². The van der Waals surface area contributed by atoms with Crippen LogP contribution < -0.4 is 5.32 Å². The fraction of sp³-hybridized carbons (Fsp3) is 0.286. The largest absolute Gasteiger partial charge is 0.325 e. The van der Waals surface area contributed by atoms with Crippen LogP contribution in [0, 0.1) is 13.8 Å². The van der Waals surface area contributed by atoms with Crippen LogP contribution in [0.2, 0.25) is 0 Å². The highest BCUT2D eigenvalue weighted by atomic mass is 32.2. The lowest BCUT2D eigenvalue weighted by atomic mass is 10.1. The van der Waals surface area contributed by atoms with Crippen molar-refractivity contribution in [1.29, 1.82) is 0 Å². The molecule has 2 aromatic carbocycles. The second-order valence-corrected chi connectivity index (χ2v) is 7.49. The summed E-state index contributed by atoms with van der Waals surface area (Å²) in [5.74, 6) is 1.20. The Labute approximate surface area is 164 Å². The van der Waals surface area contributed by atoms with E-state index < -0.39 is 0 Å². The summed E-state index contributed by atoms with van der Waals surface area (Å²) in [7, 11) is 1.95. The van der Waals surface area contributed by atoms with E-state index in [1.165, 1.54) is 17.3 Å². The highest BCUT2D eigenvalue weighted by Gasteiger charge is 2.13. The zero-order valence-corrected chi connectivity index (χ0v) is 16.7. The van der Waals surface area contributed by atoms with Gasteiger partial charge in [-0.05, 0) is 37.0 Å². The molecule has 0 unspecified atom stereocenters. The van der Waals surface area contributed by atoms with Gasteiger partial charge in [0.15, 0.2) is 5.16 Å². The van der Waals surface area contributed by atoms with Gasteiger partial charge < -0.3 is 9.88 Å². The molecule has 0 bridgehead atoms. The number of rotatable bonds is 7. The quantitative estimate of drug-likeness (QED) is 0.631. The smallest absolute Gasteiger partial charge is 0.234 e. The third-order valence-electron chi connectivity index (χ3n) is 4.48. The first kappa shape index (κ1) is 19.2. The van der Waals surface area contributed by atoms with Crippen LogP contribution in [-0.4, -0.2) is 26.4 Å². The second-order valence-electron chi connectivity index (χ2n) is 6.55. The van der Waals surface area contributed by atoms with E-state index in [1.807, 2.05) is 61.9 Å². The zero-order valence-electron chi connectivity index (χ0n) is 15.9. The van der Waals surface area contributed by atoms with Crippen molar-refractivity contribution in [2.75, 3.05) is 11.1 Å². The van der Waals surface area contributed by atoms with E-state index in [0.717, 1.165) is 40.6 Å². The number of nitrogens with one attached hydrogen (secondary N) is 1. The Morgan fingerprint density at radius 3 is 2.41 bits per heavy atom. The molecule has 0 saturated heterocycles. The first-order chi connectivity index (χ1) is 13.0. The summed E-state index contributed by atoms with van der Waals surface area (Å²) in [5, 5.41) is 12.3. The van der Waals surface area contributed by atoms with E-state index >= 15 is 0 Å². The van der Waals surface area contributed by atoms with E-state index in [2.05, 4.69) is 27.6 Å². The molecule has 1 aromatic heterocycles. The minimum Gasteiger partial charge on any atom is -0.325 e. The molecule has 6 heteroatoms. The van der Waals surface area contributed by atoms with Crippen LogP contribution in [0.5, 0.6) is 0 Å². The van der Waals surface area contributed by atoms with Crippen molar-refractivity contribution in [3.8, 4) is 0 Å². The van der Waals surface area contributed by atoms with E-state index in [-0.39, 0.29) is 5.91 Å². The Bertz CT molecular complexity index is 901. The third kappa shape index (κ3) is 4.98. The molecule has 0 aliphatic heterocycles. The number of hydrogen-bond acceptors (Lipinski definition) is 4. The molecule has 1 amide bonds. The number of carbonyl (C=O) groups excluding carboxylic acids is 1. The van der Waals surface area contributed by atoms with Crippen LogP contribution in [0.15, 0.2) is 53.7 Å². The number of benzene rings is 2. The molecule has 27 heavy (non-hydrogen) atoms. The van der Waals surface area contributed by atoms with Crippen molar-refractivity contribution < 1.29 is 4.79 Å². The standard InChI is InChI=1S/C21H24N4OS/c1-15-8-7-9-16(2)20(15)22-19(26)14-27-21-24-23-18(25(21)3)13-12-17-10-5-4-6-11-17/h4-11H,12-14H2,1-3H3,(H,22,26). The molecule has 140 valence electrons. The summed E-state index contributed by atoms with van der Waals surface area (Å²) in [6, 6.07) is 16.3. The molecule has 0 spiro atoms. The summed E-state index contributed by atoms with van der Waals surface area (Å²) in [4.78, 5) is 12.3. The van der Waals surface area contributed by atoms with Gasteiger partial charge in [-0.15, -0.1) is 10.2 Å². The Hall–Kier alpha value is -2.60. The topological polar surface area (TPSA) is 59.8 Å². The minimum atomic E-state index is -0.0359. The van der Waals surface area contributed by atoms with E-state index in [4.69, 9.17) is 0 Å². The monoisotopic (exact) mass is 380 g/mol. The van der Waals surface area contributed by atoms with Crippen LogP contribution in [-0.2, 0) is 24.7 Å². The number of aryl methyl sites for hydroxylation is 4. The minimum absolute atomic E-state index is 0.0359. The lowest BCUT2D eigenvalue weighted by Gasteiger charge is -2.11. The van der Waals surface area contributed by atoms with Gasteiger partial charge in [0.1, 0.15) is 5.82 Å². The highest BCUT2D eigenvalue weighted by molar-refractivity contribution is 7.99. The van der Waals surface area contributed by atoms with Crippen LogP contribution in [0.25, 0.3) is 0 Å². The lowest BCUT2D eigenvalue weighted by molar-refractivity contribution is -0.113. The van der Waals surface area contributed by atoms with Crippen molar-refractivity contribution in [3.63, 3.8) is 0 Å². The molecule has 1 heterocycles. The van der Waals surface area contributed by atoms with Crippen molar-refractivity contribution >= 4 is 23.4 Å². The highest BCUT2D eigenvalue weighted by Crippen LogP contribution is 2.21. The molecule has 0 fully saturated rings. The fourth-order valence-electron chi connectivity index (χ4n) is 2.91. The van der Waals surface area contributed by atoms with Gasteiger partial charge in [0.05, 0.1) is 5.75 Å². The van der Waals surface area contributed by atoms with Gasteiger partial charge in [0, 0.05) is 19.2 Å². The Kier molecular flexibility index (Phi) is 6.29. The summed E-state index contributed by atoms with van der Waals surface area (Å²) in [6.45, 7) is 3.99. The van der Waals surface area contributed by atoms with Gasteiger partial charge >= 0.3 is 0 Å². The van der Waals surface area contributed by atoms with Gasteiger partial charge in [0.25, 0.3) is 0 Å². The fourth-order valence-corrected chi connectivity index (χ4v) is 3.64. The van der Waals surface area contributed by atoms with Gasteiger partial charge in [-0.1, -0.05) is 60.3 Å². The number of carbonyl (C=O) groups is 1. The molecule has 0 radical (unpaired) electrons. The Balaban J connectivity index is 1.55. The molecule has 5 nitrogen and oxygen atoms in total. The van der Waals surface area contributed by atoms with Crippen LogP contribution in [0.3, 0.4) is 0 Å². The number of hydrogen-bond donors (Lipinski definition) is 1. The maximum Gasteiger partial charge on any atom is 0.234 e. The average Bonchev–Trinajstić information content (AvgIpc) is 3.02. The van der Waals surface area contributed by atoms with E-state index in [0.29, 0.717) is 5.75 Å². The first-order valence-electron chi connectivity index (χ1n) is 8.95. The summed E-state index contributed by atoms with van der Waals surface area (Å²) >= 11 is 1.41. The van der Waals surface area contributed by atoms with Gasteiger partial charge in [-0.3, -0.25) is 4.79 Å². The molecule has 0 atom stereocenters. The number of thioether (sulfide) groups is 1. The second kappa shape index (κ2) is 8.86.